The zero-order valence-corrected chi connectivity index (χ0v) is 19.1. The summed E-state index contributed by atoms with van der Waals surface area (Å²) in [6.45, 7) is 2.26. The van der Waals surface area contributed by atoms with Crippen LogP contribution in [0.3, 0.4) is 0 Å². The predicted molar refractivity (Wildman–Crippen MR) is 125 cm³/mol. The fourth-order valence-electron chi connectivity index (χ4n) is 3.14. The van der Waals surface area contributed by atoms with Crippen LogP contribution < -0.4 is 5.32 Å². The molecule has 1 N–H and O–H groups in total. The summed E-state index contributed by atoms with van der Waals surface area (Å²) in [6, 6.07) is 13.8. The molecule has 9 heteroatoms. The summed E-state index contributed by atoms with van der Waals surface area (Å²) in [7, 11) is 1.27. The number of rotatable bonds is 8. The van der Waals surface area contributed by atoms with Crippen molar-refractivity contribution in [3.05, 3.63) is 76.3 Å². The van der Waals surface area contributed by atoms with E-state index in [-0.39, 0.29) is 29.7 Å². The maximum absolute atomic E-state index is 12.6. The number of nitrogens with zero attached hydrogens (tertiary/aromatic N) is 1. The molecule has 1 fully saturated rings. The van der Waals surface area contributed by atoms with Gasteiger partial charge in [-0.2, -0.15) is 0 Å². The molecule has 2 aromatic rings. The lowest BCUT2D eigenvalue weighted by Gasteiger charge is -2.17. The van der Waals surface area contributed by atoms with Crippen molar-refractivity contribution in [2.45, 2.75) is 13.3 Å². The average Bonchev–Trinajstić information content (AvgIpc) is 3.15. The van der Waals surface area contributed by atoms with E-state index in [1.165, 1.54) is 29.8 Å². The minimum absolute atomic E-state index is 0.0684. The first-order chi connectivity index (χ1) is 15.9. The number of benzene rings is 2. The van der Waals surface area contributed by atoms with E-state index < -0.39 is 11.9 Å². The summed E-state index contributed by atoms with van der Waals surface area (Å²) in [5, 5.41) is 3.27. The van der Waals surface area contributed by atoms with E-state index in [4.69, 9.17) is 4.74 Å². The lowest BCUT2D eigenvalue weighted by Crippen LogP contribution is -2.27. The van der Waals surface area contributed by atoms with Gasteiger partial charge in [-0.05, 0) is 37.6 Å². The van der Waals surface area contributed by atoms with E-state index in [2.05, 4.69) is 10.1 Å². The molecule has 0 aromatic heterocycles. The van der Waals surface area contributed by atoms with E-state index in [0.717, 1.165) is 5.56 Å². The zero-order chi connectivity index (χ0) is 23.8. The molecular formula is C24H24N2O6S. The van der Waals surface area contributed by atoms with Gasteiger partial charge in [0.25, 0.3) is 5.91 Å². The van der Waals surface area contributed by atoms with Gasteiger partial charge in [0.2, 0.25) is 5.91 Å². The van der Waals surface area contributed by atoms with Crippen molar-refractivity contribution in [2.24, 2.45) is 0 Å². The standard InChI is InChI=1S/C24H24N2O6S/c1-16-7-5-8-17(13-16)23(29)25-19-10-4-3-9-18(19)24(30)32-12-6-11-26-20(27)15-33-21(26)14-22(28)31-2/h3-5,7-10,13-14H,6,11-12,15H2,1-2H3,(H,25,29)/b21-14+. The number of carbonyl (C=O) groups excluding carboxylic acids is 4. The Kier molecular flexibility index (Phi) is 8.26. The molecular weight excluding hydrogens is 444 g/mol. The Morgan fingerprint density at radius 1 is 1.15 bits per heavy atom. The fourth-order valence-corrected chi connectivity index (χ4v) is 4.10. The number of ether oxygens (including phenoxy) is 2. The molecule has 0 spiro atoms. The molecule has 1 heterocycles. The second-order valence-electron chi connectivity index (χ2n) is 7.20. The van der Waals surface area contributed by atoms with Crippen LogP contribution in [0, 0.1) is 6.92 Å². The van der Waals surface area contributed by atoms with Gasteiger partial charge in [-0.3, -0.25) is 9.59 Å². The van der Waals surface area contributed by atoms with Crippen LogP contribution in [0.5, 0.6) is 0 Å². The minimum Gasteiger partial charge on any atom is -0.466 e. The minimum atomic E-state index is -0.581. The number of methoxy groups -OCH3 is 1. The summed E-state index contributed by atoms with van der Waals surface area (Å²) >= 11 is 1.26. The van der Waals surface area contributed by atoms with Crippen LogP contribution in [-0.4, -0.2) is 54.7 Å². The summed E-state index contributed by atoms with van der Waals surface area (Å²) < 4.78 is 9.97. The molecule has 0 atom stereocenters. The number of amides is 2. The van der Waals surface area contributed by atoms with Crippen LogP contribution >= 0.6 is 11.8 Å². The number of thioether (sulfide) groups is 1. The summed E-state index contributed by atoms with van der Waals surface area (Å²) in [5.74, 6) is -1.31. The van der Waals surface area contributed by atoms with Gasteiger partial charge >= 0.3 is 11.9 Å². The topological polar surface area (TPSA) is 102 Å². The third kappa shape index (κ3) is 6.45. The smallest absolute Gasteiger partial charge is 0.340 e. The Morgan fingerprint density at radius 3 is 2.70 bits per heavy atom. The van der Waals surface area contributed by atoms with Crippen molar-refractivity contribution >= 4 is 41.2 Å². The molecule has 0 aliphatic carbocycles. The Morgan fingerprint density at radius 2 is 1.94 bits per heavy atom. The highest BCUT2D eigenvalue weighted by Gasteiger charge is 2.27. The van der Waals surface area contributed by atoms with Crippen molar-refractivity contribution in [2.75, 3.05) is 31.3 Å². The number of anilines is 1. The predicted octanol–water partition coefficient (Wildman–Crippen LogP) is 3.38. The van der Waals surface area contributed by atoms with Gasteiger partial charge in [-0.25, -0.2) is 9.59 Å². The van der Waals surface area contributed by atoms with Crippen LogP contribution in [0.25, 0.3) is 0 Å². The van der Waals surface area contributed by atoms with Gasteiger partial charge in [-0.1, -0.05) is 41.6 Å². The van der Waals surface area contributed by atoms with Crippen LogP contribution in [0.4, 0.5) is 5.69 Å². The van der Waals surface area contributed by atoms with Crippen molar-refractivity contribution in [1.29, 1.82) is 0 Å². The Balaban J connectivity index is 1.57. The Hall–Kier alpha value is -3.59. The largest absolute Gasteiger partial charge is 0.466 e. The number of aryl methyl sites for hydroxylation is 1. The highest BCUT2D eigenvalue weighted by molar-refractivity contribution is 8.04. The van der Waals surface area contributed by atoms with Crippen LogP contribution in [0.1, 0.15) is 32.7 Å². The molecule has 0 radical (unpaired) electrons. The molecule has 172 valence electrons. The van der Waals surface area contributed by atoms with E-state index >= 15 is 0 Å². The summed E-state index contributed by atoms with van der Waals surface area (Å²) in [4.78, 5) is 50.2. The number of para-hydroxylation sites is 1. The zero-order valence-electron chi connectivity index (χ0n) is 18.3. The van der Waals surface area contributed by atoms with Crippen LogP contribution in [0.15, 0.2) is 59.6 Å². The number of hydrogen-bond donors (Lipinski definition) is 1. The van der Waals surface area contributed by atoms with Gasteiger partial charge in [-0.15, -0.1) is 0 Å². The van der Waals surface area contributed by atoms with Gasteiger partial charge in [0.05, 0.1) is 41.8 Å². The molecule has 0 saturated carbocycles. The third-order valence-corrected chi connectivity index (χ3v) is 5.81. The van der Waals surface area contributed by atoms with E-state index in [1.54, 1.807) is 42.5 Å². The Bertz CT molecular complexity index is 1100. The number of carbonyl (C=O) groups is 4. The fraction of sp³-hybridized carbons (Fsp3) is 0.250. The van der Waals surface area contributed by atoms with Crippen LogP contribution in [0.2, 0.25) is 0 Å². The lowest BCUT2D eigenvalue weighted by atomic mass is 10.1. The third-order valence-electron chi connectivity index (χ3n) is 4.79. The Labute approximate surface area is 195 Å². The second kappa shape index (κ2) is 11.3. The van der Waals surface area contributed by atoms with Gasteiger partial charge in [0, 0.05) is 12.1 Å². The molecule has 0 unspecified atom stereocenters. The summed E-state index contributed by atoms with van der Waals surface area (Å²) in [6.07, 6.45) is 1.66. The summed E-state index contributed by atoms with van der Waals surface area (Å²) in [5.41, 5.74) is 2.03. The van der Waals surface area contributed by atoms with Crippen molar-refractivity contribution in [1.82, 2.24) is 4.90 Å². The van der Waals surface area contributed by atoms with Gasteiger partial charge in [0.1, 0.15) is 0 Å². The molecule has 1 aliphatic heterocycles. The molecule has 2 aromatic carbocycles. The van der Waals surface area contributed by atoms with E-state index in [0.29, 0.717) is 29.2 Å². The van der Waals surface area contributed by atoms with E-state index in [9.17, 15) is 19.2 Å². The molecule has 0 bridgehead atoms. The quantitative estimate of drug-likeness (QED) is 0.360. The first-order valence-corrected chi connectivity index (χ1v) is 11.2. The maximum atomic E-state index is 12.6. The van der Waals surface area contributed by atoms with Crippen molar-refractivity contribution in [3.63, 3.8) is 0 Å². The normalized spacial score (nSPS) is 14.3. The molecule has 1 saturated heterocycles. The van der Waals surface area contributed by atoms with Gasteiger partial charge in [0.15, 0.2) is 0 Å². The maximum Gasteiger partial charge on any atom is 0.340 e. The number of hydrogen-bond acceptors (Lipinski definition) is 7. The second-order valence-corrected chi connectivity index (χ2v) is 8.19. The molecule has 1 aliphatic rings. The molecule has 3 rings (SSSR count). The first-order valence-electron chi connectivity index (χ1n) is 10.3. The highest BCUT2D eigenvalue weighted by Crippen LogP contribution is 2.29. The SMILES string of the molecule is COC(=O)/C=C1/SCC(=O)N1CCCOC(=O)c1ccccc1NC(=O)c1cccc(C)c1. The van der Waals surface area contributed by atoms with Crippen molar-refractivity contribution < 1.29 is 28.7 Å². The van der Waals surface area contributed by atoms with E-state index in [1.807, 2.05) is 13.0 Å². The van der Waals surface area contributed by atoms with Crippen molar-refractivity contribution in [3.8, 4) is 0 Å². The molecule has 2 amide bonds. The average molecular weight is 469 g/mol. The van der Waals surface area contributed by atoms with Gasteiger partial charge < -0.3 is 19.7 Å². The highest BCUT2D eigenvalue weighted by atomic mass is 32.2. The monoisotopic (exact) mass is 468 g/mol. The molecule has 33 heavy (non-hydrogen) atoms. The van der Waals surface area contributed by atoms with Crippen LogP contribution in [-0.2, 0) is 19.1 Å². The molecule has 8 nitrogen and oxygen atoms in total. The lowest BCUT2D eigenvalue weighted by molar-refractivity contribution is -0.134. The number of nitrogens with one attached hydrogen (secondary N) is 1. The first kappa shape index (κ1) is 24.1. The number of esters is 2.